The predicted octanol–water partition coefficient (Wildman–Crippen LogP) is 3.92. The summed E-state index contributed by atoms with van der Waals surface area (Å²) in [5, 5.41) is 9.75. The van der Waals surface area contributed by atoms with Gasteiger partial charge in [-0.05, 0) is 31.2 Å². The van der Waals surface area contributed by atoms with E-state index in [-0.39, 0.29) is 11.3 Å². The second-order valence-corrected chi connectivity index (χ2v) is 6.38. The van der Waals surface area contributed by atoms with Crippen LogP contribution in [0.4, 0.5) is 0 Å². The van der Waals surface area contributed by atoms with Crippen molar-refractivity contribution in [2.75, 3.05) is 0 Å². The molecule has 2 rings (SSSR count). The number of aliphatic carboxylic acids is 1. The molecule has 102 valence electrons. The van der Waals surface area contributed by atoms with Crippen molar-refractivity contribution in [2.24, 2.45) is 16.7 Å². The number of carboxylic acids is 1. The lowest BCUT2D eigenvalue weighted by molar-refractivity contribution is -0.145. The van der Waals surface area contributed by atoms with E-state index in [1.54, 1.807) is 0 Å². The van der Waals surface area contributed by atoms with Gasteiger partial charge < -0.3 is 5.11 Å². The Morgan fingerprint density at radius 3 is 2.32 bits per heavy atom. The van der Waals surface area contributed by atoms with Crippen LogP contribution < -0.4 is 0 Å². The van der Waals surface area contributed by atoms with Crippen molar-refractivity contribution in [3.8, 4) is 0 Å². The van der Waals surface area contributed by atoms with Gasteiger partial charge in [0.1, 0.15) is 0 Å². The average Bonchev–Trinajstić information content (AvgIpc) is 2.77. The van der Waals surface area contributed by atoms with Crippen molar-refractivity contribution < 1.29 is 9.90 Å². The van der Waals surface area contributed by atoms with Gasteiger partial charge in [0.25, 0.3) is 0 Å². The third-order valence-electron chi connectivity index (χ3n) is 4.58. The first kappa shape index (κ1) is 13.9. The van der Waals surface area contributed by atoms with Crippen molar-refractivity contribution >= 4 is 5.97 Å². The molecule has 0 bridgehead atoms. The number of hydrogen-bond donors (Lipinski definition) is 1. The highest BCUT2D eigenvalue weighted by atomic mass is 16.4. The average molecular weight is 258 g/mol. The van der Waals surface area contributed by atoms with Gasteiger partial charge in [-0.25, -0.2) is 0 Å². The van der Waals surface area contributed by atoms with Crippen LogP contribution in [0, 0.1) is 16.7 Å². The molecule has 1 aliphatic rings. The lowest BCUT2D eigenvalue weighted by Crippen LogP contribution is -2.24. The van der Waals surface area contributed by atoms with Crippen LogP contribution in [0.25, 0.3) is 0 Å². The van der Waals surface area contributed by atoms with E-state index in [1.807, 2.05) is 44.2 Å². The van der Waals surface area contributed by atoms with Gasteiger partial charge in [0, 0.05) is 5.92 Å². The van der Waals surface area contributed by atoms with Crippen LogP contribution in [0.15, 0.2) is 42.0 Å². The van der Waals surface area contributed by atoms with Crippen molar-refractivity contribution in [2.45, 2.75) is 34.1 Å². The molecule has 1 N–H and O–H groups in total. The summed E-state index contributed by atoms with van der Waals surface area (Å²) in [6, 6.07) is 9.92. The zero-order valence-electron chi connectivity index (χ0n) is 12.1. The number of carbonyl (C=O) groups is 1. The van der Waals surface area contributed by atoms with Crippen LogP contribution >= 0.6 is 0 Å². The highest BCUT2D eigenvalue weighted by Gasteiger charge is 2.74. The zero-order valence-corrected chi connectivity index (χ0v) is 12.1. The number of benzene rings is 1. The molecule has 2 nitrogen and oxygen atoms in total. The molecule has 2 atom stereocenters. The topological polar surface area (TPSA) is 37.3 Å². The Bertz CT molecular complexity index is 509. The second kappa shape index (κ2) is 4.52. The maximum Gasteiger partial charge on any atom is 0.311 e. The monoisotopic (exact) mass is 258 g/mol. The maximum atomic E-state index is 11.9. The first-order chi connectivity index (χ1) is 8.82. The summed E-state index contributed by atoms with van der Waals surface area (Å²) < 4.78 is 0. The first-order valence-corrected chi connectivity index (χ1v) is 6.74. The summed E-state index contributed by atoms with van der Waals surface area (Å²) in [4.78, 5) is 11.9. The summed E-state index contributed by atoms with van der Waals surface area (Å²) >= 11 is 0. The minimum absolute atomic E-state index is 0.114. The standard InChI is InChI=1S/C17H22O2/c1-12(2)10-14-16(3,4)17(14,15(18)19)11-13-8-6-5-7-9-13/h5-10,14H,11H2,1-4H3,(H,18,19). The molecule has 0 heterocycles. The Kier molecular flexibility index (Phi) is 3.29. The van der Waals surface area contributed by atoms with E-state index in [0.29, 0.717) is 6.42 Å². The van der Waals surface area contributed by atoms with Crippen LogP contribution in [0.5, 0.6) is 0 Å². The van der Waals surface area contributed by atoms with Crippen molar-refractivity contribution in [3.05, 3.63) is 47.5 Å². The van der Waals surface area contributed by atoms with Crippen LogP contribution in [-0.2, 0) is 11.2 Å². The number of hydrogen-bond acceptors (Lipinski definition) is 1. The number of allylic oxidation sites excluding steroid dienone is 2. The number of rotatable bonds is 4. The van der Waals surface area contributed by atoms with E-state index in [0.717, 1.165) is 5.56 Å². The van der Waals surface area contributed by atoms with Gasteiger partial charge in [-0.1, -0.05) is 55.8 Å². The summed E-state index contributed by atoms with van der Waals surface area (Å²) in [6.07, 6.45) is 2.72. The Morgan fingerprint density at radius 2 is 1.84 bits per heavy atom. The molecule has 0 spiro atoms. The van der Waals surface area contributed by atoms with E-state index in [2.05, 4.69) is 19.9 Å². The molecule has 2 unspecified atom stereocenters. The van der Waals surface area contributed by atoms with E-state index in [9.17, 15) is 9.90 Å². The smallest absolute Gasteiger partial charge is 0.311 e. The highest BCUT2D eigenvalue weighted by molar-refractivity contribution is 5.82. The Morgan fingerprint density at radius 1 is 1.26 bits per heavy atom. The minimum atomic E-state index is -0.677. The SMILES string of the molecule is CC(C)=CC1C(C)(C)C1(Cc1ccccc1)C(=O)O. The minimum Gasteiger partial charge on any atom is -0.481 e. The van der Waals surface area contributed by atoms with Gasteiger partial charge in [0.15, 0.2) is 0 Å². The molecule has 0 amide bonds. The van der Waals surface area contributed by atoms with E-state index in [4.69, 9.17) is 0 Å². The third kappa shape index (κ3) is 2.09. The van der Waals surface area contributed by atoms with Crippen molar-refractivity contribution in [1.29, 1.82) is 0 Å². The van der Waals surface area contributed by atoms with Crippen LogP contribution in [-0.4, -0.2) is 11.1 Å². The first-order valence-electron chi connectivity index (χ1n) is 6.74. The Balaban J connectivity index is 2.36. The van der Waals surface area contributed by atoms with Gasteiger partial charge in [0.05, 0.1) is 5.41 Å². The normalized spacial score (nSPS) is 27.7. The quantitative estimate of drug-likeness (QED) is 0.831. The Labute approximate surface area is 115 Å². The molecule has 1 saturated carbocycles. The molecule has 1 fully saturated rings. The fourth-order valence-electron chi connectivity index (χ4n) is 3.32. The van der Waals surface area contributed by atoms with Crippen molar-refractivity contribution in [3.63, 3.8) is 0 Å². The molecule has 0 aromatic heterocycles. The van der Waals surface area contributed by atoms with E-state index < -0.39 is 11.4 Å². The third-order valence-corrected chi connectivity index (χ3v) is 4.58. The molecule has 0 radical (unpaired) electrons. The van der Waals surface area contributed by atoms with Gasteiger partial charge in [-0.2, -0.15) is 0 Å². The Hall–Kier alpha value is -1.57. The molecule has 1 aliphatic carbocycles. The predicted molar refractivity (Wildman–Crippen MR) is 76.9 cm³/mol. The summed E-state index contributed by atoms with van der Waals surface area (Å²) in [6.45, 7) is 8.19. The van der Waals surface area contributed by atoms with E-state index in [1.165, 1.54) is 5.57 Å². The van der Waals surface area contributed by atoms with Gasteiger partial charge in [-0.15, -0.1) is 0 Å². The fraction of sp³-hybridized carbons (Fsp3) is 0.471. The largest absolute Gasteiger partial charge is 0.481 e. The van der Waals surface area contributed by atoms with Crippen LogP contribution in [0.1, 0.15) is 33.3 Å². The molecule has 1 aromatic rings. The van der Waals surface area contributed by atoms with E-state index >= 15 is 0 Å². The summed E-state index contributed by atoms with van der Waals surface area (Å²) in [5.41, 5.74) is 1.44. The lowest BCUT2D eigenvalue weighted by atomic mass is 9.88. The molecular formula is C17H22O2. The molecule has 1 aromatic carbocycles. The molecule has 0 aliphatic heterocycles. The summed E-state index contributed by atoms with van der Waals surface area (Å²) in [7, 11) is 0. The van der Waals surface area contributed by atoms with Gasteiger partial charge in [-0.3, -0.25) is 4.79 Å². The molecule has 19 heavy (non-hydrogen) atoms. The summed E-state index contributed by atoms with van der Waals surface area (Å²) in [5.74, 6) is -0.563. The fourth-order valence-corrected chi connectivity index (χ4v) is 3.32. The van der Waals surface area contributed by atoms with Gasteiger partial charge >= 0.3 is 5.97 Å². The zero-order chi connectivity index (χ0) is 14.3. The van der Waals surface area contributed by atoms with Crippen LogP contribution in [0.2, 0.25) is 0 Å². The molecule has 0 saturated heterocycles. The van der Waals surface area contributed by atoms with Crippen molar-refractivity contribution in [1.82, 2.24) is 0 Å². The maximum absolute atomic E-state index is 11.9. The lowest BCUT2D eigenvalue weighted by Gasteiger charge is -2.15. The molecule has 2 heteroatoms. The van der Waals surface area contributed by atoms with Gasteiger partial charge in [0.2, 0.25) is 0 Å². The number of carboxylic acid groups (broad SMARTS) is 1. The molecular weight excluding hydrogens is 236 g/mol. The highest BCUT2D eigenvalue weighted by Crippen LogP contribution is 2.71. The van der Waals surface area contributed by atoms with Crippen LogP contribution in [0.3, 0.4) is 0 Å². The second-order valence-electron chi connectivity index (χ2n) is 6.38.